The number of nitrogens with zero attached hydrogens (tertiary/aromatic N) is 1. The van der Waals surface area contributed by atoms with E-state index in [1.54, 1.807) is 7.11 Å². The summed E-state index contributed by atoms with van der Waals surface area (Å²) in [4.78, 5) is 2.27. The summed E-state index contributed by atoms with van der Waals surface area (Å²) in [5.74, 6) is 2.71. The maximum atomic E-state index is 5.28. The molecule has 2 heteroatoms. The van der Waals surface area contributed by atoms with E-state index in [4.69, 9.17) is 4.74 Å². The van der Waals surface area contributed by atoms with Crippen LogP contribution in [-0.2, 0) is 4.74 Å². The Hall–Kier alpha value is -1.44. The first kappa shape index (κ1) is 13.0. The number of ether oxygens (including phenoxy) is 1. The van der Waals surface area contributed by atoms with Crippen LogP contribution in [0.2, 0.25) is 0 Å². The summed E-state index contributed by atoms with van der Waals surface area (Å²) in [6.45, 7) is 10.7. The van der Waals surface area contributed by atoms with Crippen LogP contribution >= 0.6 is 0 Å². The molecule has 98 valence electrons. The Labute approximate surface area is 110 Å². The summed E-state index contributed by atoms with van der Waals surface area (Å²) in [5.41, 5.74) is 1.43. The number of methoxy groups -OCH3 is 1. The predicted molar refractivity (Wildman–Crippen MR) is 75.2 cm³/mol. The van der Waals surface area contributed by atoms with Crippen LogP contribution in [0.1, 0.15) is 25.3 Å². The molecule has 0 amide bonds. The van der Waals surface area contributed by atoms with Gasteiger partial charge in [-0.25, -0.2) is 0 Å². The fourth-order valence-corrected chi connectivity index (χ4v) is 2.89. The first-order valence-corrected chi connectivity index (χ1v) is 6.66. The zero-order valence-corrected chi connectivity index (χ0v) is 11.6. The van der Waals surface area contributed by atoms with Gasteiger partial charge in [-0.2, -0.15) is 0 Å². The molecule has 1 fully saturated rings. The van der Waals surface area contributed by atoms with Crippen LogP contribution in [0.25, 0.3) is 0 Å². The minimum Gasteiger partial charge on any atom is -0.483 e. The number of benzene rings is 1. The van der Waals surface area contributed by atoms with Crippen molar-refractivity contribution in [3.63, 3.8) is 0 Å². The molecule has 1 saturated heterocycles. The van der Waals surface area contributed by atoms with Gasteiger partial charge in [0.05, 0.1) is 7.11 Å². The van der Waals surface area contributed by atoms with Crippen molar-refractivity contribution in [2.24, 2.45) is 11.8 Å². The van der Waals surface area contributed by atoms with Crippen molar-refractivity contribution in [2.45, 2.75) is 19.8 Å². The summed E-state index contributed by atoms with van der Waals surface area (Å²) in [7, 11) is 1.70. The number of rotatable bonds is 4. The molecule has 0 bridgehead atoms. The molecule has 1 aliphatic rings. The molecule has 2 nitrogen and oxygen atoms in total. The van der Waals surface area contributed by atoms with Gasteiger partial charge < -0.3 is 9.64 Å². The van der Waals surface area contributed by atoms with Crippen molar-refractivity contribution in [3.05, 3.63) is 48.4 Å². The van der Waals surface area contributed by atoms with Crippen LogP contribution in [0.5, 0.6) is 0 Å². The van der Waals surface area contributed by atoms with Gasteiger partial charge >= 0.3 is 0 Å². The standard InChI is InChI=1S/C16H23NO/c1-12(2)15-10-17(13(3)18-4)11-16(15)14-8-6-5-7-9-14/h5-9,12,15-16H,3,10-11H2,1-2,4H3. The van der Waals surface area contributed by atoms with Gasteiger partial charge in [0, 0.05) is 19.0 Å². The predicted octanol–water partition coefficient (Wildman–Crippen LogP) is 3.48. The number of hydrogen-bond acceptors (Lipinski definition) is 2. The zero-order valence-electron chi connectivity index (χ0n) is 11.6. The highest BCUT2D eigenvalue weighted by atomic mass is 16.5. The van der Waals surface area contributed by atoms with Gasteiger partial charge in [-0.1, -0.05) is 44.2 Å². The lowest BCUT2D eigenvalue weighted by molar-refractivity contribution is 0.169. The Morgan fingerprint density at radius 1 is 1.28 bits per heavy atom. The van der Waals surface area contributed by atoms with E-state index in [9.17, 15) is 0 Å². The molecular formula is C16H23NO. The molecule has 1 heterocycles. The van der Waals surface area contributed by atoms with Crippen LogP contribution in [0.4, 0.5) is 0 Å². The highest BCUT2D eigenvalue weighted by Gasteiger charge is 2.36. The third-order valence-electron chi connectivity index (χ3n) is 4.04. The Kier molecular flexibility index (Phi) is 3.95. The van der Waals surface area contributed by atoms with Crippen molar-refractivity contribution in [2.75, 3.05) is 20.2 Å². The van der Waals surface area contributed by atoms with Crippen LogP contribution in [0.15, 0.2) is 42.8 Å². The molecule has 1 aromatic rings. The second kappa shape index (κ2) is 5.47. The highest BCUT2D eigenvalue weighted by molar-refractivity contribution is 5.23. The molecule has 18 heavy (non-hydrogen) atoms. The van der Waals surface area contributed by atoms with E-state index < -0.39 is 0 Å². The van der Waals surface area contributed by atoms with E-state index in [1.807, 2.05) is 0 Å². The summed E-state index contributed by atoms with van der Waals surface area (Å²) in [6, 6.07) is 10.8. The smallest absolute Gasteiger partial charge is 0.181 e. The fraction of sp³-hybridized carbons (Fsp3) is 0.500. The van der Waals surface area contributed by atoms with Gasteiger partial charge in [-0.3, -0.25) is 0 Å². The Bertz CT molecular complexity index is 399. The van der Waals surface area contributed by atoms with Crippen LogP contribution in [0, 0.1) is 11.8 Å². The van der Waals surface area contributed by atoms with Gasteiger partial charge in [-0.05, 0) is 24.0 Å². The van der Waals surface area contributed by atoms with Crippen LogP contribution in [-0.4, -0.2) is 25.1 Å². The van der Waals surface area contributed by atoms with Crippen molar-refractivity contribution < 1.29 is 4.74 Å². The fourth-order valence-electron chi connectivity index (χ4n) is 2.89. The monoisotopic (exact) mass is 245 g/mol. The first-order chi connectivity index (χ1) is 8.63. The van der Waals surface area contributed by atoms with E-state index in [-0.39, 0.29) is 0 Å². The number of hydrogen-bond donors (Lipinski definition) is 0. The van der Waals surface area contributed by atoms with Gasteiger partial charge in [-0.15, -0.1) is 0 Å². The largest absolute Gasteiger partial charge is 0.483 e. The molecule has 0 N–H and O–H groups in total. The third kappa shape index (κ3) is 2.53. The normalized spacial score (nSPS) is 23.4. The average Bonchev–Trinajstić information content (AvgIpc) is 2.84. The van der Waals surface area contributed by atoms with E-state index in [1.165, 1.54) is 5.56 Å². The molecule has 0 aliphatic carbocycles. The molecule has 1 aliphatic heterocycles. The minimum absolute atomic E-state index is 0.582. The summed E-state index contributed by atoms with van der Waals surface area (Å²) < 4.78 is 5.28. The minimum atomic E-state index is 0.582. The van der Waals surface area contributed by atoms with Gasteiger partial charge in [0.15, 0.2) is 5.88 Å². The third-order valence-corrected chi connectivity index (χ3v) is 4.04. The lowest BCUT2D eigenvalue weighted by atomic mass is 9.82. The van der Waals surface area contributed by atoms with Crippen molar-refractivity contribution in [1.29, 1.82) is 0 Å². The van der Waals surface area contributed by atoms with Crippen molar-refractivity contribution in [3.8, 4) is 0 Å². The van der Waals surface area contributed by atoms with Crippen molar-refractivity contribution in [1.82, 2.24) is 4.90 Å². The van der Waals surface area contributed by atoms with Crippen molar-refractivity contribution >= 4 is 0 Å². The highest BCUT2D eigenvalue weighted by Crippen LogP contribution is 2.38. The van der Waals surface area contributed by atoms with E-state index in [0.29, 0.717) is 17.8 Å². The molecule has 0 spiro atoms. The van der Waals surface area contributed by atoms with Crippen LogP contribution in [0.3, 0.4) is 0 Å². The summed E-state index contributed by atoms with van der Waals surface area (Å²) >= 11 is 0. The molecule has 2 unspecified atom stereocenters. The second-order valence-corrected chi connectivity index (χ2v) is 5.43. The topological polar surface area (TPSA) is 12.5 Å². The molecule has 0 saturated carbocycles. The molecule has 2 atom stereocenters. The first-order valence-electron chi connectivity index (χ1n) is 6.66. The molecule has 2 rings (SSSR count). The lowest BCUT2D eigenvalue weighted by Crippen LogP contribution is -2.21. The Balaban J connectivity index is 2.20. The van der Waals surface area contributed by atoms with Crippen LogP contribution < -0.4 is 0 Å². The lowest BCUT2D eigenvalue weighted by Gasteiger charge is -2.21. The SMILES string of the molecule is C=C(OC)N1CC(c2ccccc2)C(C(C)C)C1. The Morgan fingerprint density at radius 2 is 1.94 bits per heavy atom. The second-order valence-electron chi connectivity index (χ2n) is 5.43. The van der Waals surface area contributed by atoms with E-state index in [2.05, 4.69) is 55.7 Å². The number of likely N-dealkylation sites (tertiary alicyclic amines) is 1. The van der Waals surface area contributed by atoms with E-state index in [0.717, 1.165) is 19.0 Å². The molecular weight excluding hydrogens is 222 g/mol. The molecule has 0 radical (unpaired) electrons. The van der Waals surface area contributed by atoms with E-state index >= 15 is 0 Å². The van der Waals surface area contributed by atoms with Gasteiger partial charge in [0.1, 0.15) is 0 Å². The maximum Gasteiger partial charge on any atom is 0.181 e. The van der Waals surface area contributed by atoms with Gasteiger partial charge in [0.25, 0.3) is 0 Å². The summed E-state index contributed by atoms with van der Waals surface area (Å²) in [6.07, 6.45) is 0. The maximum absolute atomic E-state index is 5.28. The average molecular weight is 245 g/mol. The molecule has 0 aromatic heterocycles. The quantitative estimate of drug-likeness (QED) is 0.753. The zero-order chi connectivity index (χ0) is 13.1. The van der Waals surface area contributed by atoms with Gasteiger partial charge in [0.2, 0.25) is 0 Å². The Morgan fingerprint density at radius 3 is 2.50 bits per heavy atom. The summed E-state index contributed by atoms with van der Waals surface area (Å²) in [5, 5.41) is 0. The molecule has 1 aromatic carbocycles.